The van der Waals surface area contributed by atoms with Crippen molar-refractivity contribution in [3.8, 4) is 0 Å². The normalized spacial score (nSPS) is 10.9. The Bertz CT molecular complexity index is 79.9. The first kappa shape index (κ1) is 14.2. The van der Waals surface area contributed by atoms with Crippen molar-refractivity contribution in [3.05, 3.63) is 0 Å². The Kier molecular flexibility index (Phi) is 9.41. The summed E-state index contributed by atoms with van der Waals surface area (Å²) in [7, 11) is 1.03. The summed E-state index contributed by atoms with van der Waals surface area (Å²) in [5.41, 5.74) is 0. The van der Waals surface area contributed by atoms with Crippen molar-refractivity contribution in [3.63, 3.8) is 0 Å². The van der Waals surface area contributed by atoms with E-state index in [4.69, 9.17) is 19.9 Å². The molecule has 0 aromatic rings. The lowest BCUT2D eigenvalue weighted by Gasteiger charge is -2.15. The minimum absolute atomic E-state index is 0.667. The Morgan fingerprint density at radius 3 is 1.27 bits per heavy atom. The molecule has 0 saturated heterocycles. The molecule has 0 aliphatic carbocycles. The zero-order chi connectivity index (χ0) is 9.49. The fraction of sp³-hybridized carbons (Fsp3) is 1.00. The third kappa shape index (κ3) is 18.0. The van der Waals surface area contributed by atoms with Gasteiger partial charge in [0.2, 0.25) is 0 Å². The average Bonchev–Trinajstić information content (AvgIpc) is 1.87. The van der Waals surface area contributed by atoms with Crippen LogP contribution in [-0.2, 0) is 8.85 Å². The van der Waals surface area contributed by atoms with Crippen molar-refractivity contribution < 1.29 is 8.85 Å². The fourth-order valence-corrected chi connectivity index (χ4v) is 0.250. The molecule has 0 unspecified atom stereocenters. The molecule has 0 N–H and O–H groups in total. The molecule has 0 aliphatic rings. The highest BCUT2D eigenvalue weighted by molar-refractivity contribution is 7.05. The van der Waals surface area contributed by atoms with Gasteiger partial charge in [-0.1, -0.05) is 13.1 Å². The van der Waals surface area contributed by atoms with Crippen LogP contribution in [0.2, 0.25) is 26.2 Å². The smallest absolute Gasteiger partial charge is 0.331 e. The van der Waals surface area contributed by atoms with Crippen molar-refractivity contribution in [1.29, 1.82) is 0 Å². The third-order valence-electron chi connectivity index (χ3n) is 0.983. The number of hydrogen-bond donors (Lipinski definition) is 0. The first-order valence-electron chi connectivity index (χ1n) is 3.60. The van der Waals surface area contributed by atoms with Gasteiger partial charge >= 0.3 is 8.56 Å². The number of hydrogen-bond acceptors (Lipinski definition) is 2. The largest absolute Gasteiger partial charge is 0.398 e. The van der Waals surface area contributed by atoms with E-state index in [1.807, 2.05) is 13.1 Å². The lowest BCUT2D eigenvalue weighted by Crippen LogP contribution is -2.31. The van der Waals surface area contributed by atoms with E-state index >= 15 is 0 Å². The molecule has 0 radical (unpaired) electrons. The lowest BCUT2D eigenvalue weighted by molar-refractivity contribution is 0.258. The van der Waals surface area contributed by atoms with Gasteiger partial charge in [0.25, 0.3) is 0 Å². The predicted octanol–water partition coefficient (Wildman–Crippen LogP) is 2.19. The number of halogens is 1. The standard InChI is InChI=1S/C4H12O2Si.C2H7ClSi/c1-5-7(3,4)6-2;1-4(2)3/h1-4H3;4H,1-2H3. The highest BCUT2D eigenvalue weighted by atomic mass is 35.6. The summed E-state index contributed by atoms with van der Waals surface area (Å²) < 4.78 is 10.0. The maximum Gasteiger partial charge on any atom is 0.331 e. The molecule has 5 heteroatoms. The van der Waals surface area contributed by atoms with Gasteiger partial charge < -0.3 is 8.85 Å². The number of rotatable bonds is 2. The minimum Gasteiger partial charge on any atom is -0.398 e. The highest BCUT2D eigenvalue weighted by Gasteiger charge is 2.19. The van der Waals surface area contributed by atoms with Crippen molar-refractivity contribution in [2.75, 3.05) is 14.2 Å². The minimum atomic E-state index is -1.65. The summed E-state index contributed by atoms with van der Waals surface area (Å²) in [6.07, 6.45) is 0. The Morgan fingerprint density at radius 2 is 1.27 bits per heavy atom. The Morgan fingerprint density at radius 1 is 1.09 bits per heavy atom. The molecule has 0 amide bonds. The van der Waals surface area contributed by atoms with E-state index in [0.717, 1.165) is 0 Å². The van der Waals surface area contributed by atoms with E-state index in [2.05, 4.69) is 13.1 Å². The predicted molar refractivity (Wildman–Crippen MR) is 56.2 cm³/mol. The maximum atomic E-state index is 5.41. The van der Waals surface area contributed by atoms with Crippen LogP contribution in [0, 0.1) is 0 Å². The van der Waals surface area contributed by atoms with Gasteiger partial charge in [-0.05, 0) is 13.1 Å². The summed E-state index contributed by atoms with van der Waals surface area (Å²) in [5.74, 6) is 0. The van der Waals surface area contributed by atoms with Crippen molar-refractivity contribution >= 4 is 27.7 Å². The van der Waals surface area contributed by atoms with Gasteiger partial charge in [-0.15, -0.1) is 0 Å². The van der Waals surface area contributed by atoms with Crippen LogP contribution in [0.15, 0.2) is 0 Å². The molecule has 0 spiro atoms. The van der Waals surface area contributed by atoms with Crippen LogP contribution in [0.3, 0.4) is 0 Å². The van der Waals surface area contributed by atoms with E-state index < -0.39 is 16.7 Å². The summed E-state index contributed by atoms with van der Waals surface area (Å²) in [6, 6.07) is 0. The van der Waals surface area contributed by atoms with Crippen LogP contribution in [0.5, 0.6) is 0 Å². The van der Waals surface area contributed by atoms with Gasteiger partial charge in [-0.25, -0.2) is 0 Å². The Hall–Kier alpha value is 0.644. The second-order valence-electron chi connectivity index (χ2n) is 2.82. The summed E-state index contributed by atoms with van der Waals surface area (Å²) in [5, 5.41) is 0. The van der Waals surface area contributed by atoms with E-state index in [1.54, 1.807) is 14.2 Å². The molecular formula is C6H19ClO2Si2. The van der Waals surface area contributed by atoms with Crippen LogP contribution in [0.25, 0.3) is 0 Å². The quantitative estimate of drug-likeness (QED) is 0.519. The average molecular weight is 215 g/mol. The molecule has 0 atom stereocenters. The fourth-order valence-electron chi connectivity index (χ4n) is 0.0833. The van der Waals surface area contributed by atoms with Gasteiger partial charge in [0.15, 0.2) is 0 Å². The molecule has 0 aromatic heterocycles. The molecule has 11 heavy (non-hydrogen) atoms. The van der Waals surface area contributed by atoms with Crippen LogP contribution in [-0.4, -0.2) is 30.9 Å². The van der Waals surface area contributed by atoms with E-state index in [9.17, 15) is 0 Å². The molecule has 2 nitrogen and oxygen atoms in total. The van der Waals surface area contributed by atoms with Crippen molar-refractivity contribution in [1.82, 2.24) is 0 Å². The van der Waals surface area contributed by atoms with Crippen molar-refractivity contribution in [2.24, 2.45) is 0 Å². The maximum absolute atomic E-state index is 5.41. The van der Waals surface area contributed by atoms with Crippen LogP contribution in [0.4, 0.5) is 0 Å². The summed E-state index contributed by atoms with van der Waals surface area (Å²) >= 11 is 5.41. The topological polar surface area (TPSA) is 18.5 Å². The van der Waals surface area contributed by atoms with Crippen LogP contribution in [0.1, 0.15) is 0 Å². The van der Waals surface area contributed by atoms with Crippen LogP contribution < -0.4 is 0 Å². The van der Waals surface area contributed by atoms with E-state index in [1.165, 1.54) is 0 Å². The Balaban J connectivity index is 0. The zero-order valence-corrected chi connectivity index (χ0v) is 11.2. The third-order valence-corrected chi connectivity index (χ3v) is 2.95. The summed E-state index contributed by atoms with van der Waals surface area (Å²) in [6.45, 7) is 8.13. The SMILES string of the molecule is CO[Si](C)(C)OC.C[SiH](C)Cl. The van der Waals surface area contributed by atoms with Gasteiger partial charge in [0, 0.05) is 14.2 Å². The van der Waals surface area contributed by atoms with Gasteiger partial charge in [0.1, 0.15) is 8.11 Å². The van der Waals surface area contributed by atoms with Crippen LogP contribution >= 0.6 is 11.1 Å². The molecule has 0 aromatic carbocycles. The summed E-state index contributed by atoms with van der Waals surface area (Å²) in [4.78, 5) is 0. The molecule has 0 rings (SSSR count). The second-order valence-corrected chi connectivity index (χ2v) is 11.1. The first-order valence-corrected chi connectivity index (χ1v) is 10.5. The molecule has 0 bridgehead atoms. The first-order chi connectivity index (χ1) is 4.85. The zero-order valence-electron chi connectivity index (χ0n) is 8.27. The van der Waals surface area contributed by atoms with Gasteiger partial charge in [-0.3, -0.25) is 0 Å². The molecule has 70 valence electrons. The molecule has 0 saturated carbocycles. The monoisotopic (exact) mass is 214 g/mol. The second kappa shape index (κ2) is 7.30. The molecule has 0 heterocycles. The lowest BCUT2D eigenvalue weighted by atomic mass is 11.8. The van der Waals surface area contributed by atoms with E-state index in [-0.39, 0.29) is 0 Å². The highest BCUT2D eigenvalue weighted by Crippen LogP contribution is 1.99. The van der Waals surface area contributed by atoms with Crippen molar-refractivity contribution in [2.45, 2.75) is 26.2 Å². The van der Waals surface area contributed by atoms with Gasteiger partial charge in [0.05, 0.1) is 0 Å². The van der Waals surface area contributed by atoms with Gasteiger partial charge in [-0.2, -0.15) is 11.1 Å². The van der Waals surface area contributed by atoms with E-state index in [0.29, 0.717) is 0 Å². The molecular weight excluding hydrogens is 196 g/mol. The molecule has 0 fully saturated rings. The Labute approximate surface area is 77.4 Å². The molecule has 0 aliphatic heterocycles.